The van der Waals surface area contributed by atoms with Crippen LogP contribution >= 0.6 is 12.4 Å². The predicted octanol–water partition coefficient (Wildman–Crippen LogP) is 3.46. The van der Waals surface area contributed by atoms with Crippen molar-refractivity contribution < 1.29 is 35.9 Å². The van der Waals surface area contributed by atoms with Crippen molar-refractivity contribution in [1.29, 1.82) is 0 Å². The number of rotatable bonds is 4. The average Bonchev–Trinajstić information content (AvgIpc) is 2.36. The molecule has 1 atom stereocenters. The number of alkyl halides is 5. The summed E-state index contributed by atoms with van der Waals surface area (Å²) in [6.45, 7) is 0.958. The topological polar surface area (TPSA) is 52.3 Å². The highest BCUT2D eigenvalue weighted by molar-refractivity contribution is 5.85. The summed E-state index contributed by atoms with van der Waals surface area (Å²) in [6, 6.07) is -1.23. The number of hydrogen-bond acceptors (Lipinski definition) is 3. The van der Waals surface area contributed by atoms with Crippen LogP contribution in [0, 0.1) is 5.82 Å². The first-order valence-corrected chi connectivity index (χ1v) is 5.69. The Bertz CT molecular complexity index is 535. The maximum absolute atomic E-state index is 13.6. The summed E-state index contributed by atoms with van der Waals surface area (Å²) in [6.07, 6.45) is -4.96. The zero-order valence-electron chi connectivity index (χ0n) is 11.1. The second kappa shape index (κ2) is 7.19. The molecule has 0 spiro atoms. The molecule has 0 bridgehead atoms. The largest absolute Gasteiger partial charge is 0.462 e. The van der Waals surface area contributed by atoms with Gasteiger partial charge in [-0.25, -0.2) is 9.18 Å². The molecule has 126 valence electrons. The van der Waals surface area contributed by atoms with E-state index in [0.29, 0.717) is 6.07 Å². The van der Waals surface area contributed by atoms with Gasteiger partial charge in [-0.2, -0.15) is 22.0 Å². The van der Waals surface area contributed by atoms with Crippen LogP contribution in [0.3, 0.4) is 0 Å². The number of hydrogen-bond donors (Lipinski definition) is 1. The van der Waals surface area contributed by atoms with E-state index in [1.165, 1.54) is 6.92 Å². The van der Waals surface area contributed by atoms with Crippen LogP contribution in [-0.4, -0.2) is 18.5 Å². The quantitative estimate of drug-likeness (QED) is 0.667. The van der Waals surface area contributed by atoms with E-state index < -0.39 is 41.1 Å². The molecule has 0 amide bonds. The van der Waals surface area contributed by atoms with Gasteiger partial charge in [0, 0.05) is 0 Å². The molecule has 0 unspecified atom stereocenters. The lowest BCUT2D eigenvalue weighted by Gasteiger charge is -2.22. The van der Waals surface area contributed by atoms with Crippen molar-refractivity contribution in [2.75, 3.05) is 6.61 Å². The van der Waals surface area contributed by atoms with Crippen LogP contribution in [0.5, 0.6) is 0 Å². The van der Waals surface area contributed by atoms with Crippen LogP contribution in [0.1, 0.15) is 24.1 Å². The standard InChI is InChI=1S/C12H11F6NO2.ClH/c1-2-21-10(20)11(14,15)9(19)6-3-4-7(8(13)5-6)12(16,17)18;/h3-5,9H,2,19H2,1H3;1H/t9-;/m0./s1. The Balaban J connectivity index is 0.00000441. The van der Waals surface area contributed by atoms with Gasteiger partial charge in [-0.3, -0.25) is 0 Å². The van der Waals surface area contributed by atoms with Crippen LogP contribution in [0.4, 0.5) is 26.3 Å². The first-order chi connectivity index (χ1) is 9.51. The highest BCUT2D eigenvalue weighted by Crippen LogP contribution is 2.35. The van der Waals surface area contributed by atoms with Gasteiger partial charge in [0.05, 0.1) is 12.2 Å². The number of halogens is 7. The number of carbonyl (C=O) groups is 1. The first-order valence-electron chi connectivity index (χ1n) is 5.69. The molecular formula is C12H12ClF6NO2. The summed E-state index contributed by atoms with van der Waals surface area (Å²) in [5, 5.41) is 0. The van der Waals surface area contributed by atoms with Gasteiger partial charge in [-0.15, -0.1) is 12.4 Å². The summed E-state index contributed by atoms with van der Waals surface area (Å²) in [7, 11) is 0. The fraction of sp³-hybridized carbons (Fsp3) is 0.417. The highest BCUT2D eigenvalue weighted by Gasteiger charge is 2.48. The van der Waals surface area contributed by atoms with E-state index in [2.05, 4.69) is 4.74 Å². The summed E-state index contributed by atoms with van der Waals surface area (Å²) in [5.41, 5.74) is 2.87. The molecule has 0 aliphatic heterocycles. The van der Waals surface area contributed by atoms with Gasteiger partial charge in [-0.05, 0) is 24.6 Å². The molecule has 1 aromatic rings. The molecule has 22 heavy (non-hydrogen) atoms. The van der Waals surface area contributed by atoms with Crippen LogP contribution in [0.2, 0.25) is 0 Å². The van der Waals surface area contributed by atoms with E-state index in [0.717, 1.165) is 0 Å². The Morgan fingerprint density at radius 3 is 2.23 bits per heavy atom. The van der Waals surface area contributed by atoms with E-state index in [4.69, 9.17) is 5.73 Å². The van der Waals surface area contributed by atoms with E-state index >= 15 is 0 Å². The fourth-order valence-electron chi connectivity index (χ4n) is 1.52. The normalized spacial score (nSPS) is 13.3. The molecule has 0 radical (unpaired) electrons. The van der Waals surface area contributed by atoms with Crippen molar-refractivity contribution >= 4 is 18.4 Å². The Morgan fingerprint density at radius 2 is 1.82 bits per heavy atom. The second-order valence-electron chi connectivity index (χ2n) is 4.06. The van der Waals surface area contributed by atoms with E-state index in [1.807, 2.05) is 0 Å². The summed E-state index contributed by atoms with van der Waals surface area (Å²) < 4.78 is 81.7. The number of carbonyl (C=O) groups excluding carboxylic acids is 1. The Labute approximate surface area is 127 Å². The van der Waals surface area contributed by atoms with Crippen LogP contribution in [0.25, 0.3) is 0 Å². The molecule has 0 aliphatic carbocycles. The SMILES string of the molecule is CCOC(=O)C(F)(F)[C@@H](N)c1ccc(C(F)(F)F)c(F)c1.Cl. The maximum Gasteiger partial charge on any atom is 0.419 e. The second-order valence-corrected chi connectivity index (χ2v) is 4.06. The van der Waals surface area contributed by atoms with E-state index in [-0.39, 0.29) is 31.1 Å². The van der Waals surface area contributed by atoms with Gasteiger partial charge >= 0.3 is 18.1 Å². The number of esters is 1. The number of ether oxygens (including phenoxy) is 1. The molecule has 0 aromatic heterocycles. The van der Waals surface area contributed by atoms with Crippen LogP contribution in [-0.2, 0) is 15.7 Å². The van der Waals surface area contributed by atoms with Gasteiger partial charge in [-0.1, -0.05) is 6.07 Å². The van der Waals surface area contributed by atoms with Crippen molar-refractivity contribution in [1.82, 2.24) is 0 Å². The molecule has 1 rings (SSSR count). The Kier molecular flexibility index (Phi) is 6.70. The lowest BCUT2D eigenvalue weighted by Crippen LogP contribution is -2.41. The zero-order chi connectivity index (χ0) is 16.4. The molecule has 0 fully saturated rings. The summed E-state index contributed by atoms with van der Waals surface area (Å²) in [4.78, 5) is 11.1. The molecule has 0 saturated heterocycles. The van der Waals surface area contributed by atoms with Gasteiger partial charge in [0.15, 0.2) is 0 Å². The van der Waals surface area contributed by atoms with Gasteiger partial charge < -0.3 is 10.5 Å². The Hall–Kier alpha value is -1.48. The zero-order valence-corrected chi connectivity index (χ0v) is 11.9. The molecule has 0 aliphatic rings. The van der Waals surface area contributed by atoms with Crippen molar-refractivity contribution in [3.63, 3.8) is 0 Å². The molecule has 2 N–H and O–H groups in total. The first kappa shape index (κ1) is 20.5. The van der Waals surface area contributed by atoms with Gasteiger partial charge in [0.2, 0.25) is 0 Å². The lowest BCUT2D eigenvalue weighted by molar-refractivity contribution is -0.174. The minimum absolute atomic E-state index is 0. The smallest absolute Gasteiger partial charge is 0.419 e. The van der Waals surface area contributed by atoms with Crippen molar-refractivity contribution in [2.45, 2.75) is 25.1 Å². The number of nitrogens with two attached hydrogens (primary N) is 1. The summed E-state index contributed by atoms with van der Waals surface area (Å²) in [5.74, 6) is -7.88. The summed E-state index contributed by atoms with van der Waals surface area (Å²) >= 11 is 0. The molecule has 1 aromatic carbocycles. The fourth-order valence-corrected chi connectivity index (χ4v) is 1.52. The third-order valence-electron chi connectivity index (χ3n) is 2.60. The van der Waals surface area contributed by atoms with Crippen molar-refractivity contribution in [3.8, 4) is 0 Å². The lowest BCUT2D eigenvalue weighted by atomic mass is 9.99. The van der Waals surface area contributed by atoms with Gasteiger partial charge in [0.25, 0.3) is 0 Å². The predicted molar refractivity (Wildman–Crippen MR) is 67.2 cm³/mol. The molecular weight excluding hydrogens is 340 g/mol. The third kappa shape index (κ3) is 4.26. The van der Waals surface area contributed by atoms with Crippen LogP contribution < -0.4 is 5.73 Å². The van der Waals surface area contributed by atoms with Crippen molar-refractivity contribution in [2.24, 2.45) is 5.73 Å². The van der Waals surface area contributed by atoms with Crippen LogP contribution in [0.15, 0.2) is 18.2 Å². The van der Waals surface area contributed by atoms with Gasteiger partial charge in [0.1, 0.15) is 11.9 Å². The highest BCUT2D eigenvalue weighted by atomic mass is 35.5. The van der Waals surface area contributed by atoms with E-state index in [1.54, 1.807) is 0 Å². The third-order valence-corrected chi connectivity index (χ3v) is 2.60. The maximum atomic E-state index is 13.6. The number of benzene rings is 1. The molecule has 0 saturated carbocycles. The molecule has 10 heteroatoms. The van der Waals surface area contributed by atoms with Crippen molar-refractivity contribution in [3.05, 3.63) is 35.1 Å². The minimum atomic E-state index is -4.96. The molecule has 0 heterocycles. The minimum Gasteiger partial charge on any atom is -0.462 e. The monoisotopic (exact) mass is 351 g/mol. The van der Waals surface area contributed by atoms with E-state index in [9.17, 15) is 31.1 Å². The molecule has 3 nitrogen and oxygen atoms in total. The Morgan fingerprint density at radius 1 is 1.27 bits per heavy atom. The average molecular weight is 352 g/mol.